The SMILES string of the molecule is N[C@@H](CO)c1ccc(CN2CCOCC2)cc1. The molecular formula is C13H20N2O2. The van der Waals surface area contributed by atoms with Gasteiger partial charge < -0.3 is 15.6 Å². The van der Waals surface area contributed by atoms with E-state index in [4.69, 9.17) is 15.6 Å². The lowest BCUT2D eigenvalue weighted by Crippen LogP contribution is -2.35. The number of morpholine rings is 1. The molecule has 0 aromatic heterocycles. The van der Waals surface area contributed by atoms with Gasteiger partial charge in [-0.2, -0.15) is 0 Å². The number of aliphatic hydroxyl groups is 1. The summed E-state index contributed by atoms with van der Waals surface area (Å²) in [5.41, 5.74) is 8.01. The van der Waals surface area contributed by atoms with E-state index in [0.29, 0.717) is 0 Å². The summed E-state index contributed by atoms with van der Waals surface area (Å²) in [7, 11) is 0. The third-order valence-corrected chi connectivity index (χ3v) is 3.11. The Bertz CT molecular complexity index is 334. The Morgan fingerprint density at radius 3 is 2.47 bits per heavy atom. The van der Waals surface area contributed by atoms with Crippen LogP contribution in [0.15, 0.2) is 24.3 Å². The molecule has 94 valence electrons. The molecule has 1 heterocycles. The molecule has 0 amide bonds. The van der Waals surface area contributed by atoms with Gasteiger partial charge in [0, 0.05) is 19.6 Å². The summed E-state index contributed by atoms with van der Waals surface area (Å²) in [6.07, 6.45) is 0. The predicted octanol–water partition coefficient (Wildman–Crippen LogP) is 0.511. The van der Waals surface area contributed by atoms with E-state index < -0.39 is 0 Å². The summed E-state index contributed by atoms with van der Waals surface area (Å²) in [5.74, 6) is 0. The summed E-state index contributed by atoms with van der Waals surface area (Å²) in [6.45, 7) is 4.59. The fourth-order valence-electron chi connectivity index (χ4n) is 1.99. The van der Waals surface area contributed by atoms with Crippen LogP contribution in [0, 0.1) is 0 Å². The molecule has 2 rings (SSSR count). The molecule has 1 aliphatic heterocycles. The minimum atomic E-state index is -0.271. The van der Waals surface area contributed by atoms with Gasteiger partial charge in [0.15, 0.2) is 0 Å². The minimum absolute atomic E-state index is 0.0111. The second-order valence-electron chi connectivity index (χ2n) is 4.42. The molecule has 1 saturated heterocycles. The molecule has 0 aliphatic carbocycles. The van der Waals surface area contributed by atoms with Crippen LogP contribution in [-0.2, 0) is 11.3 Å². The molecule has 1 atom stereocenters. The molecule has 3 N–H and O–H groups in total. The Labute approximate surface area is 102 Å². The molecule has 1 aromatic carbocycles. The van der Waals surface area contributed by atoms with Crippen LogP contribution in [0.25, 0.3) is 0 Å². The van der Waals surface area contributed by atoms with Gasteiger partial charge in [0.1, 0.15) is 0 Å². The van der Waals surface area contributed by atoms with Gasteiger partial charge in [-0.3, -0.25) is 4.90 Å². The predicted molar refractivity (Wildman–Crippen MR) is 66.6 cm³/mol. The van der Waals surface area contributed by atoms with Gasteiger partial charge in [0.25, 0.3) is 0 Å². The first-order valence-corrected chi connectivity index (χ1v) is 6.05. The monoisotopic (exact) mass is 236 g/mol. The van der Waals surface area contributed by atoms with Gasteiger partial charge in [-0.15, -0.1) is 0 Å². The van der Waals surface area contributed by atoms with Gasteiger partial charge in [-0.1, -0.05) is 24.3 Å². The maximum absolute atomic E-state index is 8.97. The van der Waals surface area contributed by atoms with E-state index in [-0.39, 0.29) is 12.6 Å². The molecule has 0 unspecified atom stereocenters. The fraction of sp³-hybridized carbons (Fsp3) is 0.538. The lowest BCUT2D eigenvalue weighted by Gasteiger charge is -2.26. The number of aliphatic hydroxyl groups excluding tert-OH is 1. The summed E-state index contributed by atoms with van der Waals surface area (Å²) >= 11 is 0. The van der Waals surface area contributed by atoms with Gasteiger partial charge in [0.2, 0.25) is 0 Å². The van der Waals surface area contributed by atoms with E-state index in [2.05, 4.69) is 17.0 Å². The summed E-state index contributed by atoms with van der Waals surface area (Å²) in [4.78, 5) is 2.38. The minimum Gasteiger partial charge on any atom is -0.394 e. The largest absolute Gasteiger partial charge is 0.394 e. The summed E-state index contributed by atoms with van der Waals surface area (Å²) in [5, 5.41) is 8.97. The molecule has 0 saturated carbocycles. The van der Waals surface area contributed by atoms with Crippen LogP contribution in [0.4, 0.5) is 0 Å². The topological polar surface area (TPSA) is 58.7 Å². The zero-order valence-electron chi connectivity index (χ0n) is 10.0. The summed E-state index contributed by atoms with van der Waals surface area (Å²) in [6, 6.07) is 7.89. The highest BCUT2D eigenvalue weighted by atomic mass is 16.5. The van der Waals surface area contributed by atoms with Crippen molar-refractivity contribution < 1.29 is 9.84 Å². The van der Waals surface area contributed by atoms with Crippen LogP contribution >= 0.6 is 0 Å². The van der Waals surface area contributed by atoms with Crippen LogP contribution < -0.4 is 5.73 Å². The molecule has 0 spiro atoms. The van der Waals surface area contributed by atoms with Crippen LogP contribution in [-0.4, -0.2) is 42.9 Å². The molecular weight excluding hydrogens is 216 g/mol. The molecule has 1 aromatic rings. The van der Waals surface area contributed by atoms with E-state index in [1.807, 2.05) is 12.1 Å². The van der Waals surface area contributed by atoms with Crippen molar-refractivity contribution in [3.05, 3.63) is 35.4 Å². The smallest absolute Gasteiger partial charge is 0.0624 e. The number of nitrogens with zero attached hydrogens (tertiary/aromatic N) is 1. The first-order chi connectivity index (χ1) is 8.29. The van der Waals surface area contributed by atoms with Gasteiger partial charge in [0.05, 0.1) is 25.9 Å². The van der Waals surface area contributed by atoms with Crippen LogP contribution in [0.5, 0.6) is 0 Å². The molecule has 4 heteroatoms. The average molecular weight is 236 g/mol. The third-order valence-electron chi connectivity index (χ3n) is 3.11. The lowest BCUT2D eigenvalue weighted by atomic mass is 10.1. The highest BCUT2D eigenvalue weighted by molar-refractivity contribution is 5.24. The van der Waals surface area contributed by atoms with Crippen LogP contribution in [0.2, 0.25) is 0 Å². The van der Waals surface area contributed by atoms with E-state index in [1.54, 1.807) is 0 Å². The Morgan fingerprint density at radius 1 is 1.24 bits per heavy atom. The Balaban J connectivity index is 1.93. The second-order valence-corrected chi connectivity index (χ2v) is 4.42. The molecule has 4 nitrogen and oxygen atoms in total. The van der Waals surface area contributed by atoms with Crippen molar-refractivity contribution in [1.82, 2.24) is 4.90 Å². The molecule has 0 bridgehead atoms. The van der Waals surface area contributed by atoms with Crippen molar-refractivity contribution in [1.29, 1.82) is 0 Å². The maximum Gasteiger partial charge on any atom is 0.0624 e. The normalized spacial score (nSPS) is 19.2. The lowest BCUT2D eigenvalue weighted by molar-refractivity contribution is 0.0342. The van der Waals surface area contributed by atoms with Crippen molar-refractivity contribution in [3.8, 4) is 0 Å². The van der Waals surface area contributed by atoms with Crippen LogP contribution in [0.1, 0.15) is 17.2 Å². The number of rotatable bonds is 4. The highest BCUT2D eigenvalue weighted by Gasteiger charge is 2.11. The second kappa shape index (κ2) is 6.12. The van der Waals surface area contributed by atoms with Crippen LogP contribution in [0.3, 0.4) is 0 Å². The fourth-order valence-corrected chi connectivity index (χ4v) is 1.99. The Morgan fingerprint density at radius 2 is 1.88 bits per heavy atom. The number of hydrogen-bond donors (Lipinski definition) is 2. The van der Waals surface area contributed by atoms with Gasteiger partial charge in [-0.25, -0.2) is 0 Å². The zero-order valence-corrected chi connectivity index (χ0v) is 10.0. The Kier molecular flexibility index (Phi) is 4.50. The number of ether oxygens (including phenoxy) is 1. The number of nitrogens with two attached hydrogens (primary N) is 1. The number of benzene rings is 1. The van der Waals surface area contributed by atoms with Crippen molar-refractivity contribution in [2.24, 2.45) is 5.73 Å². The van der Waals surface area contributed by atoms with Gasteiger partial charge in [-0.05, 0) is 11.1 Å². The molecule has 17 heavy (non-hydrogen) atoms. The highest BCUT2D eigenvalue weighted by Crippen LogP contribution is 2.13. The van der Waals surface area contributed by atoms with Crippen molar-refractivity contribution >= 4 is 0 Å². The molecule has 1 fully saturated rings. The molecule has 0 radical (unpaired) electrons. The maximum atomic E-state index is 8.97. The number of hydrogen-bond acceptors (Lipinski definition) is 4. The summed E-state index contributed by atoms with van der Waals surface area (Å²) < 4.78 is 5.32. The zero-order chi connectivity index (χ0) is 12.1. The standard InChI is InChI=1S/C13H20N2O2/c14-13(10-16)12-3-1-11(2-4-12)9-15-5-7-17-8-6-15/h1-4,13,16H,5-10,14H2/t13-/m0/s1. The van der Waals surface area contributed by atoms with Crippen molar-refractivity contribution in [3.63, 3.8) is 0 Å². The average Bonchev–Trinajstić information content (AvgIpc) is 2.40. The van der Waals surface area contributed by atoms with Crippen molar-refractivity contribution in [2.75, 3.05) is 32.9 Å². The third kappa shape index (κ3) is 3.51. The quantitative estimate of drug-likeness (QED) is 0.800. The van der Waals surface area contributed by atoms with E-state index in [1.165, 1.54) is 5.56 Å². The Hall–Kier alpha value is -0.940. The molecule has 1 aliphatic rings. The first kappa shape index (κ1) is 12.5. The van der Waals surface area contributed by atoms with Gasteiger partial charge >= 0.3 is 0 Å². The van der Waals surface area contributed by atoms with E-state index in [9.17, 15) is 0 Å². The first-order valence-electron chi connectivity index (χ1n) is 6.05. The van der Waals surface area contributed by atoms with Crippen molar-refractivity contribution in [2.45, 2.75) is 12.6 Å². The van der Waals surface area contributed by atoms with E-state index in [0.717, 1.165) is 38.4 Å². The van der Waals surface area contributed by atoms with E-state index >= 15 is 0 Å².